The van der Waals surface area contributed by atoms with Gasteiger partial charge in [0.2, 0.25) is 0 Å². The molecule has 0 spiro atoms. The number of aryl methyl sites for hydroxylation is 1. The maximum absolute atomic E-state index is 5.28. The van der Waals surface area contributed by atoms with Gasteiger partial charge in [-0.15, -0.1) is 0 Å². The Bertz CT molecular complexity index is 452. The summed E-state index contributed by atoms with van der Waals surface area (Å²) in [6.45, 7) is 3.47. The van der Waals surface area contributed by atoms with Crippen LogP contribution in [0.3, 0.4) is 0 Å². The molecule has 0 radical (unpaired) electrons. The topological polar surface area (TPSA) is 51.8 Å². The van der Waals surface area contributed by atoms with Gasteiger partial charge < -0.3 is 24.8 Å². The molecular formula is C14H22N2O3S. The molecule has 0 saturated carbocycles. The number of rotatable bonds is 7. The zero-order valence-corrected chi connectivity index (χ0v) is 13.2. The Balaban J connectivity index is 2.65. The Kier molecular flexibility index (Phi) is 7.11. The normalized spacial score (nSPS) is 10.0. The maximum atomic E-state index is 5.28. The standard InChI is InChI=1S/C14H22N2O3S/c1-10-8-12(18-3)13(19-4)9-11(10)16-14(20)15-6-5-7-17-2/h8-9H,5-7H2,1-4H3,(H2,15,16,20). The molecule has 1 rings (SSSR count). The number of hydrogen-bond donors (Lipinski definition) is 2. The largest absolute Gasteiger partial charge is 0.493 e. The molecule has 0 aliphatic carbocycles. The van der Waals surface area contributed by atoms with E-state index in [1.807, 2.05) is 19.1 Å². The first-order valence-corrected chi connectivity index (χ1v) is 6.79. The van der Waals surface area contributed by atoms with Crippen LogP contribution in [-0.2, 0) is 4.74 Å². The highest BCUT2D eigenvalue weighted by Gasteiger charge is 2.09. The highest BCUT2D eigenvalue weighted by molar-refractivity contribution is 7.80. The summed E-state index contributed by atoms with van der Waals surface area (Å²) in [7, 11) is 4.91. The zero-order chi connectivity index (χ0) is 15.0. The van der Waals surface area contributed by atoms with Crippen LogP contribution in [0.1, 0.15) is 12.0 Å². The summed E-state index contributed by atoms with van der Waals surface area (Å²) in [5, 5.41) is 6.86. The van der Waals surface area contributed by atoms with Crippen LogP contribution >= 0.6 is 12.2 Å². The van der Waals surface area contributed by atoms with Gasteiger partial charge in [0.15, 0.2) is 16.6 Å². The molecule has 0 aromatic heterocycles. The minimum atomic E-state index is 0.580. The van der Waals surface area contributed by atoms with Gasteiger partial charge in [0, 0.05) is 32.0 Å². The molecule has 0 heterocycles. The summed E-state index contributed by atoms with van der Waals surface area (Å²) in [6, 6.07) is 3.78. The lowest BCUT2D eigenvalue weighted by molar-refractivity contribution is 0.196. The summed E-state index contributed by atoms with van der Waals surface area (Å²) in [4.78, 5) is 0. The summed E-state index contributed by atoms with van der Waals surface area (Å²) in [6.07, 6.45) is 0.906. The van der Waals surface area contributed by atoms with Crippen LogP contribution in [0.5, 0.6) is 11.5 Å². The van der Waals surface area contributed by atoms with E-state index in [4.69, 9.17) is 26.4 Å². The second-order valence-electron chi connectivity index (χ2n) is 4.25. The number of benzene rings is 1. The first-order valence-electron chi connectivity index (χ1n) is 6.38. The molecule has 1 aromatic carbocycles. The molecule has 0 amide bonds. The Morgan fingerprint density at radius 1 is 1.15 bits per heavy atom. The second-order valence-corrected chi connectivity index (χ2v) is 4.66. The average molecular weight is 298 g/mol. The lowest BCUT2D eigenvalue weighted by Gasteiger charge is -2.15. The number of anilines is 1. The third-order valence-corrected chi connectivity index (χ3v) is 3.04. The Hall–Kier alpha value is -1.53. The van der Waals surface area contributed by atoms with E-state index in [-0.39, 0.29) is 0 Å². The van der Waals surface area contributed by atoms with Crippen LogP contribution in [0.15, 0.2) is 12.1 Å². The van der Waals surface area contributed by atoms with Crippen molar-refractivity contribution in [1.29, 1.82) is 0 Å². The van der Waals surface area contributed by atoms with E-state index in [2.05, 4.69) is 10.6 Å². The Labute approximate surface area is 125 Å². The van der Waals surface area contributed by atoms with E-state index in [1.165, 1.54) is 0 Å². The minimum Gasteiger partial charge on any atom is -0.493 e. The molecule has 0 bridgehead atoms. The lowest BCUT2D eigenvalue weighted by atomic mass is 10.1. The molecule has 0 aliphatic rings. The number of hydrogen-bond acceptors (Lipinski definition) is 4. The zero-order valence-electron chi connectivity index (χ0n) is 12.4. The Morgan fingerprint density at radius 2 is 1.80 bits per heavy atom. The van der Waals surface area contributed by atoms with E-state index < -0.39 is 0 Å². The van der Waals surface area contributed by atoms with E-state index >= 15 is 0 Å². The van der Waals surface area contributed by atoms with Gasteiger partial charge in [0.05, 0.1) is 14.2 Å². The fourth-order valence-electron chi connectivity index (χ4n) is 1.70. The number of methoxy groups -OCH3 is 3. The quantitative estimate of drug-likeness (QED) is 0.595. The van der Waals surface area contributed by atoms with Gasteiger partial charge in [-0.25, -0.2) is 0 Å². The van der Waals surface area contributed by atoms with Gasteiger partial charge in [0.1, 0.15) is 0 Å². The molecule has 6 heteroatoms. The van der Waals surface area contributed by atoms with Crippen molar-refractivity contribution in [3.05, 3.63) is 17.7 Å². The van der Waals surface area contributed by atoms with Crippen molar-refractivity contribution in [2.45, 2.75) is 13.3 Å². The van der Waals surface area contributed by atoms with Gasteiger partial charge in [-0.3, -0.25) is 0 Å². The highest BCUT2D eigenvalue weighted by atomic mass is 32.1. The van der Waals surface area contributed by atoms with E-state index in [9.17, 15) is 0 Å². The molecule has 2 N–H and O–H groups in total. The van der Waals surface area contributed by atoms with E-state index in [0.717, 1.165) is 24.2 Å². The Morgan fingerprint density at radius 3 is 2.40 bits per heavy atom. The van der Waals surface area contributed by atoms with Crippen molar-refractivity contribution < 1.29 is 14.2 Å². The van der Waals surface area contributed by atoms with Crippen molar-refractivity contribution in [3.8, 4) is 11.5 Å². The highest BCUT2D eigenvalue weighted by Crippen LogP contribution is 2.32. The third kappa shape index (κ3) is 4.86. The van der Waals surface area contributed by atoms with Crippen molar-refractivity contribution in [2.24, 2.45) is 0 Å². The monoisotopic (exact) mass is 298 g/mol. The number of thiocarbonyl (C=S) groups is 1. The van der Waals surface area contributed by atoms with Crippen LogP contribution < -0.4 is 20.1 Å². The first-order chi connectivity index (χ1) is 9.62. The molecule has 0 unspecified atom stereocenters. The summed E-state index contributed by atoms with van der Waals surface area (Å²) in [5.74, 6) is 1.37. The third-order valence-electron chi connectivity index (χ3n) is 2.79. The van der Waals surface area contributed by atoms with Gasteiger partial charge in [-0.05, 0) is 37.2 Å². The van der Waals surface area contributed by atoms with Gasteiger partial charge in [-0.1, -0.05) is 0 Å². The lowest BCUT2D eigenvalue weighted by Crippen LogP contribution is -2.30. The molecule has 20 heavy (non-hydrogen) atoms. The second kappa shape index (κ2) is 8.60. The summed E-state index contributed by atoms with van der Waals surface area (Å²) in [5.41, 5.74) is 1.93. The SMILES string of the molecule is COCCCNC(=S)Nc1cc(OC)c(OC)cc1C. The maximum Gasteiger partial charge on any atom is 0.170 e. The van der Waals surface area contributed by atoms with Crippen molar-refractivity contribution >= 4 is 23.0 Å². The summed E-state index contributed by atoms with van der Waals surface area (Å²) < 4.78 is 15.5. The van der Waals surface area contributed by atoms with Crippen LogP contribution in [0.2, 0.25) is 0 Å². The fraction of sp³-hybridized carbons (Fsp3) is 0.500. The number of nitrogens with one attached hydrogen (secondary N) is 2. The molecule has 0 fully saturated rings. The number of ether oxygens (including phenoxy) is 3. The van der Waals surface area contributed by atoms with Crippen LogP contribution in [0.4, 0.5) is 5.69 Å². The van der Waals surface area contributed by atoms with Crippen molar-refractivity contribution in [3.63, 3.8) is 0 Å². The molecule has 1 aromatic rings. The molecule has 112 valence electrons. The van der Waals surface area contributed by atoms with E-state index in [1.54, 1.807) is 21.3 Å². The van der Waals surface area contributed by atoms with Crippen LogP contribution in [-0.4, -0.2) is 39.6 Å². The smallest absolute Gasteiger partial charge is 0.170 e. The van der Waals surface area contributed by atoms with E-state index in [0.29, 0.717) is 23.2 Å². The molecule has 0 aliphatic heterocycles. The molecule has 0 atom stereocenters. The molecule has 5 nitrogen and oxygen atoms in total. The molecule has 0 saturated heterocycles. The van der Waals surface area contributed by atoms with Crippen molar-refractivity contribution in [1.82, 2.24) is 5.32 Å². The average Bonchev–Trinajstić information content (AvgIpc) is 2.45. The first kappa shape index (κ1) is 16.5. The fourth-order valence-corrected chi connectivity index (χ4v) is 1.91. The minimum absolute atomic E-state index is 0.580. The van der Waals surface area contributed by atoms with Crippen LogP contribution in [0.25, 0.3) is 0 Å². The van der Waals surface area contributed by atoms with Crippen molar-refractivity contribution in [2.75, 3.05) is 39.8 Å². The van der Waals surface area contributed by atoms with Gasteiger partial charge in [0.25, 0.3) is 0 Å². The van der Waals surface area contributed by atoms with Crippen LogP contribution in [0, 0.1) is 6.92 Å². The van der Waals surface area contributed by atoms with Gasteiger partial charge >= 0.3 is 0 Å². The predicted molar refractivity (Wildman–Crippen MR) is 85.0 cm³/mol. The van der Waals surface area contributed by atoms with Gasteiger partial charge in [-0.2, -0.15) is 0 Å². The molecular weight excluding hydrogens is 276 g/mol. The summed E-state index contributed by atoms with van der Waals surface area (Å²) >= 11 is 5.25. The predicted octanol–water partition coefficient (Wildman–Crippen LogP) is 2.34.